The molecule has 1 aliphatic carbocycles. The molecule has 0 aliphatic heterocycles. The molecular weight excluding hydrogens is 327 g/mol. The van der Waals surface area contributed by atoms with Gasteiger partial charge in [0.25, 0.3) is 0 Å². The molecule has 0 unspecified atom stereocenters. The number of amides is 1. The minimum atomic E-state index is -0.543. The van der Waals surface area contributed by atoms with E-state index < -0.39 is 5.41 Å². The standard InChI is InChI=1S/C19H16ClFN2O/c20-13-3-1-12(2-4-13)10-23-18(24)19(7-8-19)16-11-22-17-6-5-14(21)9-15(16)17/h1-6,9,11,22H,7-8,10H2,(H,23,24). The quantitative estimate of drug-likeness (QED) is 0.729. The number of rotatable bonds is 4. The Morgan fingerprint density at radius 1 is 1.21 bits per heavy atom. The smallest absolute Gasteiger partial charge is 0.231 e. The molecule has 0 bridgehead atoms. The maximum Gasteiger partial charge on any atom is 0.231 e. The summed E-state index contributed by atoms with van der Waals surface area (Å²) in [7, 11) is 0. The van der Waals surface area contributed by atoms with Crippen LogP contribution in [0.5, 0.6) is 0 Å². The summed E-state index contributed by atoms with van der Waals surface area (Å²) in [5.74, 6) is -0.302. The molecule has 1 fully saturated rings. The first-order valence-electron chi connectivity index (χ1n) is 7.88. The van der Waals surface area contributed by atoms with Gasteiger partial charge in [-0.25, -0.2) is 4.39 Å². The molecule has 3 aromatic rings. The molecule has 3 nitrogen and oxygen atoms in total. The second kappa shape index (κ2) is 5.64. The fourth-order valence-electron chi connectivity index (χ4n) is 3.19. The van der Waals surface area contributed by atoms with Gasteiger partial charge in [-0.2, -0.15) is 0 Å². The van der Waals surface area contributed by atoms with E-state index in [4.69, 9.17) is 11.6 Å². The molecule has 2 aromatic carbocycles. The van der Waals surface area contributed by atoms with Crippen LogP contribution in [0.1, 0.15) is 24.0 Å². The van der Waals surface area contributed by atoms with E-state index in [2.05, 4.69) is 10.3 Å². The molecule has 0 saturated heterocycles. The molecular formula is C19H16ClFN2O. The van der Waals surface area contributed by atoms with E-state index in [0.717, 1.165) is 34.9 Å². The van der Waals surface area contributed by atoms with Crippen LogP contribution >= 0.6 is 11.6 Å². The van der Waals surface area contributed by atoms with Crippen LogP contribution in [0.25, 0.3) is 10.9 Å². The zero-order valence-electron chi connectivity index (χ0n) is 12.9. The third-order valence-corrected chi connectivity index (χ3v) is 4.96. The van der Waals surface area contributed by atoms with Crippen molar-refractivity contribution in [1.29, 1.82) is 0 Å². The van der Waals surface area contributed by atoms with Crippen molar-refractivity contribution in [3.05, 3.63) is 70.6 Å². The number of aromatic amines is 1. The Bertz CT molecular complexity index is 913. The number of halogens is 2. The molecule has 24 heavy (non-hydrogen) atoms. The molecule has 5 heteroatoms. The van der Waals surface area contributed by atoms with Crippen LogP contribution in [-0.4, -0.2) is 10.9 Å². The predicted octanol–water partition coefficient (Wildman–Crippen LogP) is 4.31. The average Bonchev–Trinajstić information content (AvgIpc) is 3.28. The van der Waals surface area contributed by atoms with Gasteiger partial charge in [0, 0.05) is 28.7 Å². The Balaban J connectivity index is 1.56. The van der Waals surface area contributed by atoms with E-state index in [1.807, 2.05) is 18.3 Å². The number of hydrogen-bond donors (Lipinski definition) is 2. The van der Waals surface area contributed by atoms with Crippen LogP contribution < -0.4 is 5.32 Å². The Kier molecular flexibility index (Phi) is 3.57. The molecule has 1 amide bonds. The highest BCUT2D eigenvalue weighted by atomic mass is 35.5. The van der Waals surface area contributed by atoms with Gasteiger partial charge in [0.15, 0.2) is 0 Å². The first kappa shape index (κ1) is 15.2. The van der Waals surface area contributed by atoms with Crippen molar-refractivity contribution >= 4 is 28.4 Å². The molecule has 1 saturated carbocycles. The van der Waals surface area contributed by atoms with Crippen LogP contribution in [0, 0.1) is 5.82 Å². The van der Waals surface area contributed by atoms with Crippen LogP contribution in [0.2, 0.25) is 5.02 Å². The lowest BCUT2D eigenvalue weighted by atomic mass is 9.94. The zero-order chi connectivity index (χ0) is 16.7. The van der Waals surface area contributed by atoms with Crippen LogP contribution in [0.3, 0.4) is 0 Å². The lowest BCUT2D eigenvalue weighted by Gasteiger charge is -2.15. The van der Waals surface area contributed by atoms with Gasteiger partial charge in [0.2, 0.25) is 5.91 Å². The van der Waals surface area contributed by atoms with Crippen molar-refractivity contribution in [3.8, 4) is 0 Å². The summed E-state index contributed by atoms with van der Waals surface area (Å²) in [4.78, 5) is 15.9. The van der Waals surface area contributed by atoms with Gasteiger partial charge >= 0.3 is 0 Å². The molecule has 2 N–H and O–H groups in total. The molecule has 4 rings (SSSR count). The van der Waals surface area contributed by atoms with Crippen molar-refractivity contribution in [1.82, 2.24) is 10.3 Å². The highest BCUT2D eigenvalue weighted by molar-refractivity contribution is 6.30. The van der Waals surface area contributed by atoms with E-state index in [9.17, 15) is 9.18 Å². The van der Waals surface area contributed by atoms with Crippen LogP contribution in [0.15, 0.2) is 48.7 Å². The lowest BCUT2D eigenvalue weighted by Crippen LogP contribution is -2.34. The van der Waals surface area contributed by atoms with Crippen molar-refractivity contribution in [3.63, 3.8) is 0 Å². The van der Waals surface area contributed by atoms with E-state index in [0.29, 0.717) is 11.6 Å². The molecule has 0 radical (unpaired) electrons. The third kappa shape index (κ3) is 2.57. The maximum atomic E-state index is 13.6. The topological polar surface area (TPSA) is 44.9 Å². The normalized spacial score (nSPS) is 15.4. The summed E-state index contributed by atoms with van der Waals surface area (Å²) in [5, 5.41) is 4.46. The van der Waals surface area contributed by atoms with Gasteiger partial charge in [0.1, 0.15) is 5.82 Å². The first-order chi connectivity index (χ1) is 11.6. The monoisotopic (exact) mass is 342 g/mol. The minimum absolute atomic E-state index is 0.0115. The number of fused-ring (bicyclic) bond motifs is 1. The SMILES string of the molecule is O=C(NCc1ccc(Cl)cc1)C1(c2c[nH]c3ccc(F)cc23)CC1. The van der Waals surface area contributed by atoms with E-state index in [-0.39, 0.29) is 11.7 Å². The molecule has 0 atom stereocenters. The summed E-state index contributed by atoms with van der Waals surface area (Å²) >= 11 is 5.87. The number of aromatic nitrogens is 1. The summed E-state index contributed by atoms with van der Waals surface area (Å²) in [6, 6.07) is 12.0. The molecule has 122 valence electrons. The maximum absolute atomic E-state index is 13.6. The number of H-pyrrole nitrogens is 1. The van der Waals surface area contributed by atoms with Gasteiger partial charge in [-0.05, 0) is 54.3 Å². The molecule has 1 aliphatic rings. The van der Waals surface area contributed by atoms with Crippen molar-refractivity contribution in [2.45, 2.75) is 24.8 Å². The number of nitrogens with one attached hydrogen (secondary N) is 2. The Labute approximate surface area is 143 Å². The van der Waals surface area contributed by atoms with Gasteiger partial charge in [-0.15, -0.1) is 0 Å². The molecule has 0 spiro atoms. The Hall–Kier alpha value is -2.33. The van der Waals surface area contributed by atoms with Gasteiger partial charge in [0.05, 0.1) is 5.41 Å². The second-order valence-corrected chi connectivity index (χ2v) is 6.72. The summed E-state index contributed by atoms with van der Waals surface area (Å²) in [6.45, 7) is 0.453. The number of carbonyl (C=O) groups is 1. The number of hydrogen-bond acceptors (Lipinski definition) is 1. The summed E-state index contributed by atoms with van der Waals surface area (Å²) in [6.07, 6.45) is 3.39. The Morgan fingerprint density at radius 3 is 2.67 bits per heavy atom. The Morgan fingerprint density at radius 2 is 1.96 bits per heavy atom. The summed E-state index contributed by atoms with van der Waals surface area (Å²) in [5.41, 5.74) is 2.18. The highest BCUT2D eigenvalue weighted by Crippen LogP contribution is 2.50. The van der Waals surface area contributed by atoms with E-state index >= 15 is 0 Å². The molecule has 1 aromatic heterocycles. The number of carbonyl (C=O) groups excluding carboxylic acids is 1. The van der Waals surface area contributed by atoms with E-state index in [1.54, 1.807) is 18.2 Å². The second-order valence-electron chi connectivity index (χ2n) is 6.28. The zero-order valence-corrected chi connectivity index (χ0v) is 13.7. The predicted molar refractivity (Wildman–Crippen MR) is 92.5 cm³/mol. The van der Waals surface area contributed by atoms with Gasteiger partial charge < -0.3 is 10.3 Å². The summed E-state index contributed by atoms with van der Waals surface area (Å²) < 4.78 is 13.6. The van der Waals surface area contributed by atoms with Crippen molar-refractivity contribution < 1.29 is 9.18 Å². The van der Waals surface area contributed by atoms with E-state index in [1.165, 1.54) is 12.1 Å². The van der Waals surface area contributed by atoms with Crippen LogP contribution in [-0.2, 0) is 16.8 Å². The highest BCUT2D eigenvalue weighted by Gasteiger charge is 2.52. The average molecular weight is 343 g/mol. The fourth-order valence-corrected chi connectivity index (χ4v) is 3.31. The minimum Gasteiger partial charge on any atom is -0.361 e. The lowest BCUT2D eigenvalue weighted by molar-refractivity contribution is -0.123. The first-order valence-corrected chi connectivity index (χ1v) is 8.26. The van der Waals surface area contributed by atoms with Gasteiger partial charge in [-0.1, -0.05) is 23.7 Å². The van der Waals surface area contributed by atoms with Gasteiger partial charge in [-0.3, -0.25) is 4.79 Å². The van der Waals surface area contributed by atoms with Crippen molar-refractivity contribution in [2.75, 3.05) is 0 Å². The molecule has 1 heterocycles. The number of benzene rings is 2. The largest absolute Gasteiger partial charge is 0.361 e. The fraction of sp³-hybridized carbons (Fsp3) is 0.211. The third-order valence-electron chi connectivity index (χ3n) is 4.71. The van der Waals surface area contributed by atoms with Crippen LogP contribution in [0.4, 0.5) is 4.39 Å². The van der Waals surface area contributed by atoms with Crippen molar-refractivity contribution in [2.24, 2.45) is 0 Å².